The van der Waals surface area contributed by atoms with Crippen molar-refractivity contribution in [3.8, 4) is 5.75 Å². The number of Topliss-reactive ketones (excluding diaryl/α,β-unsaturated/α-hetero) is 1. The van der Waals surface area contributed by atoms with Crippen LogP contribution >= 0.6 is 0 Å². The summed E-state index contributed by atoms with van der Waals surface area (Å²) in [5.74, 6) is 1.58. The lowest BCUT2D eigenvalue weighted by atomic mass is 10.2. The average molecular weight is 204 g/mol. The molecule has 2 heteroatoms. The zero-order valence-electron chi connectivity index (χ0n) is 9.03. The normalized spacial score (nSPS) is 15.0. The van der Waals surface area contributed by atoms with Crippen molar-refractivity contribution in [3.63, 3.8) is 0 Å². The number of hydrogen-bond acceptors (Lipinski definition) is 2. The first-order valence-corrected chi connectivity index (χ1v) is 5.48. The standard InChI is InChI=1S/C13H16O2/c1-10-3-2-4-12(9-10)15-8-7-13(14)11-5-6-11/h2-4,9,11H,5-8H2,1H3. The third-order valence-corrected chi connectivity index (χ3v) is 2.64. The molecule has 1 aromatic carbocycles. The van der Waals surface area contributed by atoms with Gasteiger partial charge in [0.05, 0.1) is 6.61 Å². The quantitative estimate of drug-likeness (QED) is 0.737. The zero-order valence-corrected chi connectivity index (χ0v) is 9.03. The van der Waals surface area contributed by atoms with Crippen LogP contribution in [0.1, 0.15) is 24.8 Å². The van der Waals surface area contributed by atoms with Gasteiger partial charge < -0.3 is 4.74 Å². The number of hydrogen-bond donors (Lipinski definition) is 0. The van der Waals surface area contributed by atoms with E-state index in [9.17, 15) is 4.79 Å². The van der Waals surface area contributed by atoms with Crippen molar-refractivity contribution in [3.05, 3.63) is 29.8 Å². The first-order valence-electron chi connectivity index (χ1n) is 5.48. The average Bonchev–Trinajstić information content (AvgIpc) is 3.00. The molecule has 0 unspecified atom stereocenters. The molecule has 80 valence electrons. The van der Waals surface area contributed by atoms with Crippen LogP contribution in [0.3, 0.4) is 0 Å². The van der Waals surface area contributed by atoms with Crippen molar-refractivity contribution in [1.82, 2.24) is 0 Å². The van der Waals surface area contributed by atoms with Gasteiger partial charge in [0, 0.05) is 12.3 Å². The maximum Gasteiger partial charge on any atom is 0.139 e. The lowest BCUT2D eigenvalue weighted by molar-refractivity contribution is -0.120. The number of benzene rings is 1. The second-order valence-electron chi connectivity index (χ2n) is 4.16. The molecule has 1 aliphatic rings. The van der Waals surface area contributed by atoms with E-state index in [1.54, 1.807) is 0 Å². The molecule has 0 saturated heterocycles. The number of ether oxygens (including phenoxy) is 1. The van der Waals surface area contributed by atoms with E-state index < -0.39 is 0 Å². The van der Waals surface area contributed by atoms with Gasteiger partial charge in [-0.1, -0.05) is 12.1 Å². The molecule has 1 saturated carbocycles. The van der Waals surface area contributed by atoms with Gasteiger partial charge in [0.15, 0.2) is 0 Å². The van der Waals surface area contributed by atoms with Crippen molar-refractivity contribution in [2.45, 2.75) is 26.2 Å². The third kappa shape index (κ3) is 3.08. The van der Waals surface area contributed by atoms with E-state index in [4.69, 9.17) is 4.74 Å². The lowest BCUT2D eigenvalue weighted by Crippen LogP contribution is -2.07. The Kier molecular flexibility index (Phi) is 3.05. The Morgan fingerprint density at radius 3 is 2.93 bits per heavy atom. The molecule has 0 aliphatic heterocycles. The summed E-state index contributed by atoms with van der Waals surface area (Å²) in [5.41, 5.74) is 1.18. The molecule has 1 aliphatic carbocycles. The topological polar surface area (TPSA) is 26.3 Å². The number of aryl methyl sites for hydroxylation is 1. The second kappa shape index (κ2) is 4.47. The Bertz CT molecular complexity index is 353. The molecule has 0 radical (unpaired) electrons. The highest BCUT2D eigenvalue weighted by molar-refractivity contribution is 5.83. The fraction of sp³-hybridized carbons (Fsp3) is 0.462. The van der Waals surface area contributed by atoms with Gasteiger partial charge in [0.1, 0.15) is 11.5 Å². The molecular formula is C13H16O2. The minimum atomic E-state index is 0.353. The molecule has 2 rings (SSSR count). The van der Waals surface area contributed by atoms with Gasteiger partial charge in [-0.15, -0.1) is 0 Å². The molecule has 0 heterocycles. The van der Waals surface area contributed by atoms with E-state index in [2.05, 4.69) is 0 Å². The second-order valence-corrected chi connectivity index (χ2v) is 4.16. The van der Waals surface area contributed by atoms with E-state index in [-0.39, 0.29) is 0 Å². The molecule has 15 heavy (non-hydrogen) atoms. The maximum absolute atomic E-state index is 11.4. The van der Waals surface area contributed by atoms with Crippen LogP contribution in [0.4, 0.5) is 0 Å². The van der Waals surface area contributed by atoms with E-state index in [1.165, 1.54) is 5.56 Å². The van der Waals surface area contributed by atoms with Gasteiger partial charge in [0.2, 0.25) is 0 Å². The molecule has 0 spiro atoms. The third-order valence-electron chi connectivity index (χ3n) is 2.64. The lowest BCUT2D eigenvalue weighted by Gasteiger charge is -2.05. The largest absolute Gasteiger partial charge is 0.493 e. The summed E-state index contributed by atoms with van der Waals surface area (Å²) >= 11 is 0. The summed E-state index contributed by atoms with van der Waals surface area (Å²) < 4.78 is 5.51. The number of carbonyl (C=O) groups is 1. The fourth-order valence-electron chi connectivity index (χ4n) is 1.58. The Balaban J connectivity index is 1.75. The minimum Gasteiger partial charge on any atom is -0.493 e. The zero-order chi connectivity index (χ0) is 10.7. The summed E-state index contributed by atoms with van der Waals surface area (Å²) in [4.78, 5) is 11.4. The SMILES string of the molecule is Cc1cccc(OCCC(=O)C2CC2)c1. The molecule has 0 amide bonds. The monoisotopic (exact) mass is 204 g/mol. The first kappa shape index (κ1) is 10.2. The van der Waals surface area contributed by atoms with Crippen LogP contribution in [0.2, 0.25) is 0 Å². The van der Waals surface area contributed by atoms with Crippen LogP contribution in [0.15, 0.2) is 24.3 Å². The van der Waals surface area contributed by atoms with E-state index in [0.29, 0.717) is 24.7 Å². The van der Waals surface area contributed by atoms with Gasteiger partial charge in [-0.25, -0.2) is 0 Å². The molecular weight excluding hydrogens is 188 g/mol. The molecule has 0 aromatic heterocycles. The van der Waals surface area contributed by atoms with E-state index in [1.807, 2.05) is 31.2 Å². The Hall–Kier alpha value is -1.31. The van der Waals surface area contributed by atoms with Crippen LogP contribution in [-0.2, 0) is 4.79 Å². The highest BCUT2D eigenvalue weighted by Crippen LogP contribution is 2.30. The Labute approximate surface area is 90.3 Å². The smallest absolute Gasteiger partial charge is 0.139 e. The fourth-order valence-corrected chi connectivity index (χ4v) is 1.58. The first-order chi connectivity index (χ1) is 7.25. The molecule has 2 nitrogen and oxygen atoms in total. The molecule has 0 N–H and O–H groups in total. The van der Waals surface area contributed by atoms with Gasteiger partial charge in [0.25, 0.3) is 0 Å². The highest BCUT2D eigenvalue weighted by Gasteiger charge is 2.28. The van der Waals surface area contributed by atoms with Crippen LogP contribution < -0.4 is 4.74 Å². The summed E-state index contributed by atoms with van der Waals surface area (Å²) in [5, 5.41) is 0. The minimum absolute atomic E-state index is 0.353. The summed E-state index contributed by atoms with van der Waals surface area (Å²) in [7, 11) is 0. The Morgan fingerprint density at radius 2 is 2.27 bits per heavy atom. The van der Waals surface area contributed by atoms with Crippen molar-refractivity contribution >= 4 is 5.78 Å². The molecule has 0 atom stereocenters. The van der Waals surface area contributed by atoms with Crippen molar-refractivity contribution in [2.24, 2.45) is 5.92 Å². The van der Waals surface area contributed by atoms with Crippen LogP contribution in [0, 0.1) is 12.8 Å². The maximum atomic E-state index is 11.4. The Morgan fingerprint density at radius 1 is 1.47 bits per heavy atom. The molecule has 1 aromatic rings. The van der Waals surface area contributed by atoms with Gasteiger partial charge in [-0.05, 0) is 37.5 Å². The summed E-state index contributed by atoms with van der Waals surface area (Å²) in [6, 6.07) is 7.91. The predicted octanol–water partition coefficient (Wildman–Crippen LogP) is 2.74. The highest BCUT2D eigenvalue weighted by atomic mass is 16.5. The van der Waals surface area contributed by atoms with Crippen molar-refractivity contribution in [1.29, 1.82) is 0 Å². The van der Waals surface area contributed by atoms with Crippen LogP contribution in [0.25, 0.3) is 0 Å². The van der Waals surface area contributed by atoms with Crippen molar-refractivity contribution in [2.75, 3.05) is 6.61 Å². The van der Waals surface area contributed by atoms with Crippen LogP contribution in [-0.4, -0.2) is 12.4 Å². The van der Waals surface area contributed by atoms with Gasteiger partial charge in [-0.3, -0.25) is 4.79 Å². The summed E-state index contributed by atoms with van der Waals surface area (Å²) in [6.07, 6.45) is 2.73. The molecule has 0 bridgehead atoms. The number of ketones is 1. The van der Waals surface area contributed by atoms with E-state index >= 15 is 0 Å². The number of rotatable bonds is 5. The van der Waals surface area contributed by atoms with Crippen molar-refractivity contribution < 1.29 is 9.53 Å². The van der Waals surface area contributed by atoms with E-state index in [0.717, 1.165) is 18.6 Å². The van der Waals surface area contributed by atoms with Gasteiger partial charge >= 0.3 is 0 Å². The molecule has 1 fully saturated rings. The number of carbonyl (C=O) groups excluding carboxylic acids is 1. The predicted molar refractivity (Wildman–Crippen MR) is 59.0 cm³/mol. The summed E-state index contributed by atoms with van der Waals surface area (Å²) in [6.45, 7) is 2.54. The van der Waals surface area contributed by atoms with Gasteiger partial charge in [-0.2, -0.15) is 0 Å². The van der Waals surface area contributed by atoms with Crippen LogP contribution in [0.5, 0.6) is 5.75 Å².